The molecule has 0 radical (unpaired) electrons. The highest BCUT2D eigenvalue weighted by Gasteiger charge is 2.55. The number of cyclic esters (lactones) is 2. The van der Waals surface area contributed by atoms with Crippen molar-refractivity contribution in [1.29, 1.82) is 0 Å². The molecule has 1 saturated heterocycles. The molecule has 1 heterocycles. The fraction of sp³-hybridized carbons (Fsp3) is 0.727. The van der Waals surface area contributed by atoms with E-state index in [1.165, 1.54) is 0 Å². The van der Waals surface area contributed by atoms with Crippen molar-refractivity contribution in [2.45, 2.75) is 73.5 Å². The highest BCUT2D eigenvalue weighted by Crippen LogP contribution is 2.55. The Kier molecular flexibility index (Phi) is 6.04. The summed E-state index contributed by atoms with van der Waals surface area (Å²) < 4.78 is 11.8. The van der Waals surface area contributed by atoms with Crippen molar-refractivity contribution < 1.29 is 19.1 Å². The summed E-state index contributed by atoms with van der Waals surface area (Å²) in [5, 5.41) is 0. The molecule has 2 rings (SSSR count). The summed E-state index contributed by atoms with van der Waals surface area (Å²) in [5.74, 6) is -0.835. The SMILES string of the molecule is CC(C)C1OC(=O)CC(=O)OC(C(C)C)C1C1(C(C)(C)C)C=CC=CC1. The quantitative estimate of drug-likeness (QED) is 0.540. The number of carbonyl (C=O) groups excluding carboxylic acids is 2. The van der Waals surface area contributed by atoms with Crippen LogP contribution >= 0.6 is 0 Å². The van der Waals surface area contributed by atoms with E-state index < -0.39 is 11.9 Å². The third-order valence-corrected chi connectivity index (χ3v) is 5.93. The molecule has 3 unspecified atom stereocenters. The molecular formula is C22H34O4. The Balaban J connectivity index is 2.66. The Labute approximate surface area is 158 Å². The smallest absolute Gasteiger partial charge is 0.317 e. The molecule has 0 aromatic heterocycles. The molecule has 3 atom stereocenters. The van der Waals surface area contributed by atoms with Gasteiger partial charge in [0, 0.05) is 11.3 Å². The molecule has 0 saturated carbocycles. The Morgan fingerprint density at radius 2 is 1.46 bits per heavy atom. The van der Waals surface area contributed by atoms with Crippen LogP contribution in [-0.4, -0.2) is 24.1 Å². The van der Waals surface area contributed by atoms with Crippen LogP contribution in [0.3, 0.4) is 0 Å². The van der Waals surface area contributed by atoms with Gasteiger partial charge >= 0.3 is 11.9 Å². The van der Waals surface area contributed by atoms with Crippen LogP contribution in [0.2, 0.25) is 0 Å². The predicted molar refractivity (Wildman–Crippen MR) is 102 cm³/mol. The second kappa shape index (κ2) is 7.58. The van der Waals surface area contributed by atoms with E-state index in [9.17, 15) is 9.59 Å². The molecule has 4 nitrogen and oxygen atoms in total. The van der Waals surface area contributed by atoms with E-state index in [-0.39, 0.29) is 47.2 Å². The monoisotopic (exact) mass is 362 g/mol. The van der Waals surface area contributed by atoms with Crippen LogP contribution in [0.1, 0.15) is 61.3 Å². The molecular weight excluding hydrogens is 328 g/mol. The minimum Gasteiger partial charge on any atom is -0.461 e. The van der Waals surface area contributed by atoms with Crippen LogP contribution in [0.5, 0.6) is 0 Å². The van der Waals surface area contributed by atoms with Crippen molar-refractivity contribution in [3.05, 3.63) is 24.3 Å². The molecule has 1 aliphatic heterocycles. The fourth-order valence-corrected chi connectivity index (χ4v) is 4.47. The third kappa shape index (κ3) is 3.89. The first-order chi connectivity index (χ1) is 12.0. The zero-order chi connectivity index (χ0) is 19.7. The van der Waals surface area contributed by atoms with Crippen LogP contribution in [0.25, 0.3) is 0 Å². The van der Waals surface area contributed by atoms with Gasteiger partial charge in [0.25, 0.3) is 0 Å². The van der Waals surface area contributed by atoms with Gasteiger partial charge in [-0.05, 0) is 23.7 Å². The van der Waals surface area contributed by atoms with E-state index >= 15 is 0 Å². The maximum atomic E-state index is 12.3. The van der Waals surface area contributed by atoms with Gasteiger partial charge in [-0.15, -0.1) is 0 Å². The fourth-order valence-electron chi connectivity index (χ4n) is 4.47. The molecule has 1 fully saturated rings. The Bertz CT molecular complexity index is 566. The number of allylic oxidation sites excluding steroid dienone is 4. The van der Waals surface area contributed by atoms with E-state index in [0.717, 1.165) is 6.42 Å². The third-order valence-electron chi connectivity index (χ3n) is 5.93. The van der Waals surface area contributed by atoms with Crippen molar-refractivity contribution in [2.24, 2.45) is 28.6 Å². The lowest BCUT2D eigenvalue weighted by molar-refractivity contribution is -0.195. The molecule has 4 heteroatoms. The lowest BCUT2D eigenvalue weighted by Crippen LogP contribution is -2.57. The first-order valence-electron chi connectivity index (χ1n) is 9.73. The topological polar surface area (TPSA) is 52.6 Å². The lowest BCUT2D eigenvalue weighted by atomic mass is 9.52. The van der Waals surface area contributed by atoms with Crippen LogP contribution in [0, 0.1) is 28.6 Å². The summed E-state index contributed by atoms with van der Waals surface area (Å²) >= 11 is 0. The van der Waals surface area contributed by atoms with Gasteiger partial charge in [-0.1, -0.05) is 72.8 Å². The predicted octanol–water partition coefficient (Wildman–Crippen LogP) is 4.69. The van der Waals surface area contributed by atoms with E-state index in [1.807, 2.05) is 0 Å². The zero-order valence-corrected chi connectivity index (χ0v) is 17.2. The standard InChI is InChI=1S/C22H34O4/c1-14(2)19-18(22(21(5,6)7)11-9-8-10-12-22)20(15(3)4)26-17(24)13-16(23)25-19/h8-11,14-15,18-20H,12-13H2,1-7H3. The van der Waals surface area contributed by atoms with Gasteiger partial charge in [0.1, 0.15) is 18.6 Å². The number of rotatable bonds is 3. The van der Waals surface area contributed by atoms with E-state index in [2.05, 4.69) is 72.8 Å². The maximum absolute atomic E-state index is 12.3. The van der Waals surface area contributed by atoms with E-state index in [0.29, 0.717) is 0 Å². The zero-order valence-electron chi connectivity index (χ0n) is 17.2. The molecule has 0 aromatic carbocycles. The highest BCUT2D eigenvalue weighted by atomic mass is 16.6. The van der Waals surface area contributed by atoms with Gasteiger partial charge in [-0.25, -0.2) is 0 Å². The minimum atomic E-state index is -0.486. The highest BCUT2D eigenvalue weighted by molar-refractivity contribution is 5.91. The summed E-state index contributed by atoms with van der Waals surface area (Å²) in [4.78, 5) is 24.5. The molecule has 0 bridgehead atoms. The summed E-state index contributed by atoms with van der Waals surface area (Å²) in [7, 11) is 0. The first kappa shape index (κ1) is 20.7. The molecule has 1 aliphatic carbocycles. The Hall–Kier alpha value is -1.58. The second-order valence-electron chi connectivity index (χ2n) is 9.38. The van der Waals surface area contributed by atoms with E-state index in [4.69, 9.17) is 9.47 Å². The number of ether oxygens (including phenoxy) is 2. The lowest BCUT2D eigenvalue weighted by Gasteiger charge is -2.54. The van der Waals surface area contributed by atoms with Crippen molar-refractivity contribution in [2.75, 3.05) is 0 Å². The van der Waals surface area contributed by atoms with E-state index in [1.54, 1.807) is 0 Å². The molecule has 0 spiro atoms. The minimum absolute atomic E-state index is 0.1000. The average Bonchev–Trinajstić information content (AvgIpc) is 2.51. The van der Waals surface area contributed by atoms with Gasteiger partial charge in [-0.2, -0.15) is 0 Å². The number of carbonyl (C=O) groups is 2. The normalized spacial score (nSPS) is 33.0. The largest absolute Gasteiger partial charge is 0.461 e. The van der Waals surface area contributed by atoms with Crippen molar-refractivity contribution >= 4 is 11.9 Å². The van der Waals surface area contributed by atoms with Crippen LogP contribution in [-0.2, 0) is 19.1 Å². The van der Waals surface area contributed by atoms with Gasteiger partial charge < -0.3 is 9.47 Å². The van der Waals surface area contributed by atoms with Gasteiger partial charge in [0.2, 0.25) is 0 Å². The molecule has 0 N–H and O–H groups in total. The van der Waals surface area contributed by atoms with Crippen molar-refractivity contribution in [3.63, 3.8) is 0 Å². The number of hydrogen-bond donors (Lipinski definition) is 0. The number of hydrogen-bond acceptors (Lipinski definition) is 4. The summed E-state index contributed by atoms with van der Waals surface area (Å²) in [6, 6.07) is 0. The van der Waals surface area contributed by atoms with Crippen molar-refractivity contribution in [1.82, 2.24) is 0 Å². The average molecular weight is 363 g/mol. The molecule has 146 valence electrons. The summed E-state index contributed by atoms with van der Waals surface area (Å²) in [5.41, 5.74) is -0.374. The summed E-state index contributed by atoms with van der Waals surface area (Å²) in [6.45, 7) is 14.9. The van der Waals surface area contributed by atoms with Gasteiger partial charge in [0.05, 0.1) is 0 Å². The van der Waals surface area contributed by atoms with Crippen LogP contribution in [0.15, 0.2) is 24.3 Å². The molecule has 26 heavy (non-hydrogen) atoms. The van der Waals surface area contributed by atoms with Crippen molar-refractivity contribution in [3.8, 4) is 0 Å². The molecule has 0 amide bonds. The van der Waals surface area contributed by atoms with Crippen LogP contribution < -0.4 is 0 Å². The Morgan fingerprint density at radius 1 is 0.962 bits per heavy atom. The second-order valence-corrected chi connectivity index (χ2v) is 9.38. The number of esters is 2. The molecule has 0 aromatic rings. The first-order valence-corrected chi connectivity index (χ1v) is 9.73. The molecule has 2 aliphatic rings. The maximum Gasteiger partial charge on any atom is 0.317 e. The summed E-state index contributed by atoms with van der Waals surface area (Å²) in [6.07, 6.45) is 8.45. The van der Waals surface area contributed by atoms with Gasteiger partial charge in [-0.3, -0.25) is 9.59 Å². The van der Waals surface area contributed by atoms with Gasteiger partial charge in [0.15, 0.2) is 0 Å². The Morgan fingerprint density at radius 3 is 1.81 bits per heavy atom. The van der Waals surface area contributed by atoms with Crippen LogP contribution in [0.4, 0.5) is 0 Å².